The highest BCUT2D eigenvalue weighted by Gasteiger charge is 2.28. The Labute approximate surface area is 160 Å². The van der Waals surface area contributed by atoms with E-state index in [1.807, 2.05) is 49.2 Å². The summed E-state index contributed by atoms with van der Waals surface area (Å²) in [5, 5.41) is 3.36. The normalized spacial score (nSPS) is 20.2. The molecular formula is C21H26N4O2. The van der Waals surface area contributed by atoms with Crippen LogP contribution in [0.3, 0.4) is 0 Å². The number of rotatable bonds is 4. The first-order valence-electron chi connectivity index (χ1n) is 9.67. The predicted molar refractivity (Wildman–Crippen MR) is 103 cm³/mol. The molecule has 2 aliphatic rings. The lowest BCUT2D eigenvalue weighted by atomic mass is 10.0. The number of nitrogens with zero attached hydrogens (tertiary/aromatic N) is 3. The highest BCUT2D eigenvalue weighted by molar-refractivity contribution is 5.81. The maximum atomic E-state index is 12.8. The Bertz CT molecular complexity index is 815. The molecule has 1 N–H and O–H groups in total. The number of fused-ring (bicyclic) bond motifs is 1. The molecule has 2 aromatic rings. The minimum Gasteiger partial charge on any atom is -0.481 e. The zero-order chi connectivity index (χ0) is 18.8. The molecule has 1 aromatic heterocycles. The Balaban J connectivity index is 1.40. The summed E-state index contributed by atoms with van der Waals surface area (Å²) < 4.78 is 5.83. The summed E-state index contributed by atoms with van der Waals surface area (Å²) in [4.78, 5) is 24.0. The van der Waals surface area contributed by atoms with Crippen molar-refractivity contribution < 1.29 is 9.53 Å². The van der Waals surface area contributed by atoms with Crippen molar-refractivity contribution in [2.24, 2.45) is 0 Å². The summed E-state index contributed by atoms with van der Waals surface area (Å²) in [6, 6.07) is 7.77. The molecule has 6 heteroatoms. The van der Waals surface area contributed by atoms with E-state index >= 15 is 0 Å². The van der Waals surface area contributed by atoms with Gasteiger partial charge in [-0.05, 0) is 38.9 Å². The molecule has 0 radical (unpaired) electrons. The molecule has 0 saturated carbocycles. The standard InChI is InChI=1S/C21H26N4O2/c1-14-3-5-18(6-4-14)27-15(2)21(26)25-10-8-19-17(13-25)12-23-20(24-19)16-7-9-22-11-16/h3-6,12,15-16,22H,7-11,13H2,1-2H3/t15-,16+/m1/s1. The molecule has 27 heavy (non-hydrogen) atoms. The number of hydrogen-bond donors (Lipinski definition) is 1. The summed E-state index contributed by atoms with van der Waals surface area (Å²) in [5.74, 6) is 2.08. The highest BCUT2D eigenvalue weighted by atomic mass is 16.5. The van der Waals surface area contributed by atoms with E-state index in [2.05, 4.69) is 10.3 Å². The maximum Gasteiger partial charge on any atom is 0.263 e. The van der Waals surface area contributed by atoms with Gasteiger partial charge in [0.15, 0.2) is 6.10 Å². The molecule has 3 heterocycles. The Kier molecular flexibility index (Phi) is 5.07. The van der Waals surface area contributed by atoms with E-state index in [1.54, 1.807) is 0 Å². The minimum atomic E-state index is -0.515. The Morgan fingerprint density at radius 3 is 2.89 bits per heavy atom. The fraction of sp³-hybridized carbons (Fsp3) is 0.476. The monoisotopic (exact) mass is 366 g/mol. The predicted octanol–water partition coefficient (Wildman–Crippen LogP) is 2.21. The van der Waals surface area contributed by atoms with Gasteiger partial charge in [-0.2, -0.15) is 0 Å². The van der Waals surface area contributed by atoms with Gasteiger partial charge in [0.25, 0.3) is 5.91 Å². The van der Waals surface area contributed by atoms with Crippen LogP contribution in [0.15, 0.2) is 30.5 Å². The van der Waals surface area contributed by atoms with E-state index in [1.165, 1.54) is 5.56 Å². The molecule has 1 amide bonds. The number of aryl methyl sites for hydroxylation is 1. The summed E-state index contributed by atoms with van der Waals surface area (Å²) >= 11 is 0. The number of aromatic nitrogens is 2. The van der Waals surface area contributed by atoms with Crippen molar-refractivity contribution in [1.82, 2.24) is 20.2 Å². The summed E-state index contributed by atoms with van der Waals surface area (Å²) in [5.41, 5.74) is 3.30. The van der Waals surface area contributed by atoms with Gasteiger partial charge in [-0.1, -0.05) is 17.7 Å². The number of ether oxygens (including phenoxy) is 1. The quantitative estimate of drug-likeness (QED) is 0.899. The number of hydrogen-bond acceptors (Lipinski definition) is 5. The van der Waals surface area contributed by atoms with Crippen LogP contribution in [-0.4, -0.2) is 46.5 Å². The number of benzene rings is 1. The zero-order valence-corrected chi connectivity index (χ0v) is 15.9. The van der Waals surface area contributed by atoms with E-state index in [0.29, 0.717) is 19.0 Å². The number of nitrogens with one attached hydrogen (secondary N) is 1. The van der Waals surface area contributed by atoms with Crippen LogP contribution in [0.5, 0.6) is 5.75 Å². The van der Waals surface area contributed by atoms with Crippen molar-refractivity contribution in [1.29, 1.82) is 0 Å². The van der Waals surface area contributed by atoms with Crippen LogP contribution in [-0.2, 0) is 17.8 Å². The number of carbonyl (C=O) groups excluding carboxylic acids is 1. The first kappa shape index (κ1) is 17.9. The maximum absolute atomic E-state index is 12.8. The van der Waals surface area contributed by atoms with Crippen LogP contribution < -0.4 is 10.1 Å². The van der Waals surface area contributed by atoms with Crippen LogP contribution in [0.1, 0.15) is 41.9 Å². The molecule has 6 nitrogen and oxygen atoms in total. The largest absolute Gasteiger partial charge is 0.481 e. The van der Waals surface area contributed by atoms with Gasteiger partial charge in [0.1, 0.15) is 11.6 Å². The van der Waals surface area contributed by atoms with Gasteiger partial charge in [-0.15, -0.1) is 0 Å². The molecule has 2 atom stereocenters. The van der Waals surface area contributed by atoms with Crippen molar-refractivity contribution in [3.8, 4) is 5.75 Å². The van der Waals surface area contributed by atoms with Crippen LogP contribution in [0, 0.1) is 6.92 Å². The average molecular weight is 366 g/mol. The van der Waals surface area contributed by atoms with Crippen molar-refractivity contribution in [2.45, 2.75) is 45.3 Å². The van der Waals surface area contributed by atoms with Gasteiger partial charge >= 0.3 is 0 Å². The molecule has 4 rings (SSSR count). The van der Waals surface area contributed by atoms with Crippen LogP contribution >= 0.6 is 0 Å². The van der Waals surface area contributed by atoms with Crippen LogP contribution in [0.4, 0.5) is 0 Å². The summed E-state index contributed by atoms with van der Waals surface area (Å²) in [6.07, 6.45) is 3.26. The Hall–Kier alpha value is -2.47. The number of amides is 1. The third-order valence-corrected chi connectivity index (χ3v) is 5.37. The lowest BCUT2D eigenvalue weighted by Crippen LogP contribution is -2.43. The zero-order valence-electron chi connectivity index (χ0n) is 15.9. The van der Waals surface area contributed by atoms with Crippen molar-refractivity contribution >= 4 is 5.91 Å². The number of carbonyl (C=O) groups is 1. The molecule has 1 fully saturated rings. The third-order valence-electron chi connectivity index (χ3n) is 5.37. The first-order valence-corrected chi connectivity index (χ1v) is 9.67. The molecule has 0 spiro atoms. The second-order valence-electron chi connectivity index (χ2n) is 7.47. The van der Waals surface area contributed by atoms with Crippen molar-refractivity contribution in [2.75, 3.05) is 19.6 Å². The lowest BCUT2D eigenvalue weighted by Gasteiger charge is -2.30. The summed E-state index contributed by atoms with van der Waals surface area (Å²) in [6.45, 7) is 7.06. The van der Waals surface area contributed by atoms with Crippen molar-refractivity contribution in [3.63, 3.8) is 0 Å². The molecule has 0 bridgehead atoms. The lowest BCUT2D eigenvalue weighted by molar-refractivity contribution is -0.138. The van der Waals surface area contributed by atoms with Gasteiger partial charge in [0.2, 0.25) is 0 Å². The van der Waals surface area contributed by atoms with Crippen LogP contribution in [0.25, 0.3) is 0 Å². The highest BCUT2D eigenvalue weighted by Crippen LogP contribution is 2.23. The fourth-order valence-electron chi connectivity index (χ4n) is 3.72. The Morgan fingerprint density at radius 2 is 2.15 bits per heavy atom. The third kappa shape index (κ3) is 3.95. The van der Waals surface area contributed by atoms with Gasteiger partial charge < -0.3 is 15.0 Å². The molecule has 0 aliphatic carbocycles. The van der Waals surface area contributed by atoms with E-state index in [9.17, 15) is 4.79 Å². The molecule has 1 aromatic carbocycles. The van der Waals surface area contributed by atoms with Gasteiger partial charge in [0.05, 0.1) is 5.69 Å². The minimum absolute atomic E-state index is 0.00490. The van der Waals surface area contributed by atoms with E-state index < -0.39 is 6.10 Å². The molecule has 2 aliphatic heterocycles. The van der Waals surface area contributed by atoms with Gasteiger partial charge in [-0.3, -0.25) is 4.79 Å². The van der Waals surface area contributed by atoms with E-state index in [0.717, 1.165) is 48.8 Å². The van der Waals surface area contributed by atoms with E-state index in [4.69, 9.17) is 9.72 Å². The molecular weight excluding hydrogens is 340 g/mol. The summed E-state index contributed by atoms with van der Waals surface area (Å²) in [7, 11) is 0. The Morgan fingerprint density at radius 1 is 1.33 bits per heavy atom. The first-order chi connectivity index (χ1) is 13.1. The molecule has 142 valence electrons. The van der Waals surface area contributed by atoms with Crippen molar-refractivity contribution in [3.05, 3.63) is 53.1 Å². The average Bonchev–Trinajstić information content (AvgIpc) is 3.23. The smallest absolute Gasteiger partial charge is 0.263 e. The van der Waals surface area contributed by atoms with Gasteiger partial charge in [-0.25, -0.2) is 9.97 Å². The second-order valence-corrected chi connectivity index (χ2v) is 7.47. The van der Waals surface area contributed by atoms with Gasteiger partial charge in [0, 0.05) is 43.7 Å². The molecule has 0 unspecified atom stereocenters. The fourth-order valence-corrected chi connectivity index (χ4v) is 3.72. The second kappa shape index (κ2) is 7.64. The van der Waals surface area contributed by atoms with Crippen LogP contribution in [0.2, 0.25) is 0 Å². The SMILES string of the molecule is Cc1ccc(O[C@H](C)C(=O)N2CCc3nc([C@H]4CCNC4)ncc3C2)cc1. The molecule has 1 saturated heterocycles. The topological polar surface area (TPSA) is 67.3 Å². The van der Waals surface area contributed by atoms with E-state index in [-0.39, 0.29) is 5.91 Å².